The van der Waals surface area contributed by atoms with Crippen LogP contribution in [-0.4, -0.2) is 50.6 Å². The van der Waals surface area contributed by atoms with Gasteiger partial charge in [0.15, 0.2) is 0 Å². The van der Waals surface area contributed by atoms with E-state index in [1.165, 1.54) is 37.5 Å². The predicted molar refractivity (Wildman–Crippen MR) is 74.2 cm³/mol. The molecular weight excluding hydrogens is 282 g/mol. The van der Waals surface area contributed by atoms with Crippen molar-refractivity contribution in [3.63, 3.8) is 0 Å². The Morgan fingerprint density at radius 1 is 1.45 bits per heavy atom. The standard InChI is InChI=1S/C13H17NO5S/c1-3-8-14(9-10-19-2)20(17,18)12-7-5-4-6-11(12)13(15)16/h3-7H,1,8-10H2,2H3,(H,15,16). The average molecular weight is 299 g/mol. The van der Waals surface area contributed by atoms with Gasteiger partial charge in [0.25, 0.3) is 0 Å². The molecule has 0 unspecified atom stereocenters. The van der Waals surface area contributed by atoms with Crippen molar-refractivity contribution in [1.29, 1.82) is 0 Å². The van der Waals surface area contributed by atoms with E-state index in [0.29, 0.717) is 0 Å². The molecular formula is C13H17NO5S. The molecule has 0 amide bonds. The molecule has 6 nitrogen and oxygen atoms in total. The van der Waals surface area contributed by atoms with E-state index in [2.05, 4.69) is 6.58 Å². The highest BCUT2D eigenvalue weighted by Gasteiger charge is 2.27. The minimum atomic E-state index is -3.91. The Bertz CT molecular complexity index is 582. The lowest BCUT2D eigenvalue weighted by Crippen LogP contribution is -2.35. The number of carbonyl (C=O) groups is 1. The quantitative estimate of drug-likeness (QED) is 0.729. The van der Waals surface area contributed by atoms with Crippen molar-refractivity contribution in [2.24, 2.45) is 0 Å². The van der Waals surface area contributed by atoms with Crippen LogP contribution in [-0.2, 0) is 14.8 Å². The number of hydrogen-bond donors (Lipinski definition) is 1. The maximum absolute atomic E-state index is 12.5. The number of ether oxygens (including phenoxy) is 1. The van der Waals surface area contributed by atoms with Crippen LogP contribution in [0.1, 0.15) is 10.4 Å². The van der Waals surface area contributed by atoms with Crippen molar-refractivity contribution in [2.75, 3.05) is 26.8 Å². The van der Waals surface area contributed by atoms with Gasteiger partial charge in [-0.15, -0.1) is 6.58 Å². The van der Waals surface area contributed by atoms with Crippen molar-refractivity contribution < 1.29 is 23.1 Å². The molecule has 0 aliphatic carbocycles. The topological polar surface area (TPSA) is 83.9 Å². The molecule has 0 radical (unpaired) electrons. The van der Waals surface area contributed by atoms with Crippen LogP contribution in [0.3, 0.4) is 0 Å². The first-order valence-electron chi connectivity index (χ1n) is 5.87. The van der Waals surface area contributed by atoms with Crippen LogP contribution in [0.15, 0.2) is 41.8 Å². The summed E-state index contributed by atoms with van der Waals surface area (Å²) < 4.78 is 31.0. The highest BCUT2D eigenvalue weighted by atomic mass is 32.2. The Morgan fingerprint density at radius 2 is 2.10 bits per heavy atom. The zero-order valence-corrected chi connectivity index (χ0v) is 12.0. The van der Waals surface area contributed by atoms with Crippen LogP contribution in [0.5, 0.6) is 0 Å². The van der Waals surface area contributed by atoms with Crippen molar-refractivity contribution in [1.82, 2.24) is 4.31 Å². The van der Waals surface area contributed by atoms with Crippen molar-refractivity contribution in [3.05, 3.63) is 42.5 Å². The summed E-state index contributed by atoms with van der Waals surface area (Å²) in [5.41, 5.74) is -0.251. The van der Waals surface area contributed by atoms with Gasteiger partial charge in [-0.25, -0.2) is 13.2 Å². The molecule has 1 aromatic rings. The van der Waals surface area contributed by atoms with E-state index in [4.69, 9.17) is 9.84 Å². The SMILES string of the molecule is C=CCN(CCOC)S(=O)(=O)c1ccccc1C(=O)O. The van der Waals surface area contributed by atoms with Crippen molar-refractivity contribution in [3.8, 4) is 0 Å². The predicted octanol–water partition coefficient (Wildman–Crippen LogP) is 1.21. The van der Waals surface area contributed by atoms with E-state index in [1.807, 2.05) is 0 Å². The highest BCUT2D eigenvalue weighted by molar-refractivity contribution is 7.89. The minimum absolute atomic E-state index is 0.0830. The fraction of sp³-hybridized carbons (Fsp3) is 0.308. The Balaban J connectivity index is 3.25. The summed E-state index contributed by atoms with van der Waals surface area (Å²) in [4.78, 5) is 10.9. The normalized spacial score (nSPS) is 11.5. The zero-order valence-electron chi connectivity index (χ0n) is 11.2. The van der Waals surface area contributed by atoms with Gasteiger partial charge in [0, 0.05) is 20.2 Å². The molecule has 110 valence electrons. The largest absolute Gasteiger partial charge is 0.478 e. The monoisotopic (exact) mass is 299 g/mol. The maximum Gasteiger partial charge on any atom is 0.337 e. The Labute approximate surface area is 118 Å². The summed E-state index contributed by atoms with van der Waals surface area (Å²) in [5.74, 6) is -1.28. The second kappa shape index (κ2) is 7.18. The van der Waals surface area contributed by atoms with Gasteiger partial charge in [-0.2, -0.15) is 4.31 Å². The Hall–Kier alpha value is -1.70. The van der Waals surface area contributed by atoms with Crippen LogP contribution in [0.2, 0.25) is 0 Å². The van der Waals surface area contributed by atoms with Crippen LogP contribution in [0.4, 0.5) is 0 Å². The van der Waals surface area contributed by atoms with Gasteiger partial charge in [-0.05, 0) is 12.1 Å². The number of hydrogen-bond acceptors (Lipinski definition) is 4. The second-order valence-electron chi connectivity index (χ2n) is 3.95. The molecule has 0 aliphatic heterocycles. The summed E-state index contributed by atoms with van der Waals surface area (Å²) in [6, 6.07) is 5.51. The summed E-state index contributed by atoms with van der Waals surface area (Å²) in [5, 5.41) is 9.09. The fourth-order valence-corrected chi connectivity index (χ4v) is 3.23. The number of aromatic carboxylic acids is 1. The van der Waals surface area contributed by atoms with E-state index >= 15 is 0 Å². The number of nitrogens with zero attached hydrogens (tertiary/aromatic N) is 1. The molecule has 1 N–H and O–H groups in total. The molecule has 1 rings (SSSR count). The smallest absolute Gasteiger partial charge is 0.337 e. The first kappa shape index (κ1) is 16.4. The van der Waals surface area contributed by atoms with Gasteiger partial charge in [-0.3, -0.25) is 0 Å². The third-order valence-corrected chi connectivity index (χ3v) is 4.54. The number of rotatable bonds is 8. The fourth-order valence-electron chi connectivity index (χ4n) is 1.65. The summed E-state index contributed by atoms with van der Waals surface area (Å²) in [6.07, 6.45) is 1.44. The molecule has 0 spiro atoms. The molecule has 7 heteroatoms. The molecule has 0 atom stereocenters. The summed E-state index contributed by atoms with van der Waals surface area (Å²) in [7, 11) is -2.45. The molecule has 0 fully saturated rings. The Kier molecular flexibility index (Phi) is 5.87. The molecule has 0 saturated carbocycles. The molecule has 0 aliphatic rings. The van der Waals surface area contributed by atoms with E-state index in [9.17, 15) is 13.2 Å². The van der Waals surface area contributed by atoms with Crippen LogP contribution < -0.4 is 0 Å². The molecule has 0 saturated heterocycles. The lowest BCUT2D eigenvalue weighted by molar-refractivity contribution is 0.0692. The molecule has 0 heterocycles. The van der Waals surface area contributed by atoms with Gasteiger partial charge in [0.05, 0.1) is 17.1 Å². The van der Waals surface area contributed by atoms with Gasteiger partial charge in [0.1, 0.15) is 0 Å². The average Bonchev–Trinajstić information content (AvgIpc) is 2.43. The van der Waals surface area contributed by atoms with Gasteiger partial charge >= 0.3 is 5.97 Å². The van der Waals surface area contributed by atoms with Gasteiger partial charge in [-0.1, -0.05) is 18.2 Å². The lowest BCUT2D eigenvalue weighted by Gasteiger charge is -2.21. The van der Waals surface area contributed by atoms with E-state index < -0.39 is 16.0 Å². The number of methoxy groups -OCH3 is 1. The first-order chi connectivity index (χ1) is 9.45. The van der Waals surface area contributed by atoms with E-state index in [0.717, 1.165) is 4.31 Å². The molecule has 20 heavy (non-hydrogen) atoms. The van der Waals surface area contributed by atoms with Crippen molar-refractivity contribution >= 4 is 16.0 Å². The zero-order chi connectivity index (χ0) is 15.2. The number of carboxylic acid groups (broad SMARTS) is 1. The number of benzene rings is 1. The maximum atomic E-state index is 12.5. The molecule has 0 bridgehead atoms. The van der Waals surface area contributed by atoms with E-state index in [-0.39, 0.29) is 30.2 Å². The minimum Gasteiger partial charge on any atom is -0.478 e. The van der Waals surface area contributed by atoms with Crippen molar-refractivity contribution in [2.45, 2.75) is 4.90 Å². The number of sulfonamides is 1. The molecule has 1 aromatic carbocycles. The van der Waals surface area contributed by atoms with Gasteiger partial charge < -0.3 is 9.84 Å². The molecule has 0 aromatic heterocycles. The summed E-state index contributed by atoms with van der Waals surface area (Å²) in [6.45, 7) is 3.93. The first-order valence-corrected chi connectivity index (χ1v) is 7.31. The second-order valence-corrected chi connectivity index (χ2v) is 5.85. The highest BCUT2D eigenvalue weighted by Crippen LogP contribution is 2.20. The van der Waals surface area contributed by atoms with Crippen LogP contribution >= 0.6 is 0 Å². The van der Waals surface area contributed by atoms with Crippen LogP contribution in [0, 0.1) is 0 Å². The Morgan fingerprint density at radius 3 is 2.65 bits per heavy atom. The lowest BCUT2D eigenvalue weighted by atomic mass is 10.2. The third-order valence-electron chi connectivity index (χ3n) is 2.61. The van der Waals surface area contributed by atoms with E-state index in [1.54, 1.807) is 0 Å². The van der Waals surface area contributed by atoms with Gasteiger partial charge in [0.2, 0.25) is 10.0 Å². The number of carboxylic acids is 1. The third kappa shape index (κ3) is 3.66. The van der Waals surface area contributed by atoms with Crippen LogP contribution in [0.25, 0.3) is 0 Å². The summed E-state index contributed by atoms with van der Waals surface area (Å²) >= 11 is 0.